The van der Waals surface area contributed by atoms with Gasteiger partial charge in [0, 0.05) is 24.0 Å². The Morgan fingerprint density at radius 3 is 2.83 bits per heavy atom. The maximum Gasteiger partial charge on any atom is 0.274 e. The minimum absolute atomic E-state index is 0.0376. The summed E-state index contributed by atoms with van der Waals surface area (Å²) in [6.45, 7) is 1.65. The van der Waals surface area contributed by atoms with Gasteiger partial charge in [-0.15, -0.1) is 0 Å². The molecule has 4 aromatic rings. The van der Waals surface area contributed by atoms with Gasteiger partial charge in [-0.3, -0.25) is 19.5 Å². The highest BCUT2D eigenvalue weighted by atomic mass is 16.6. The summed E-state index contributed by atoms with van der Waals surface area (Å²) in [5, 5.41) is 15.5. The molecule has 1 aromatic carbocycles. The first kappa shape index (κ1) is 14.0. The van der Waals surface area contributed by atoms with Crippen LogP contribution in [-0.2, 0) is 0 Å². The number of aromatic nitrogens is 5. The van der Waals surface area contributed by atoms with Gasteiger partial charge in [-0.1, -0.05) is 6.07 Å². The number of nitro benzene ring substituents is 1. The quantitative estimate of drug-likeness (QED) is 0.410. The van der Waals surface area contributed by atoms with E-state index in [4.69, 9.17) is 0 Å². The van der Waals surface area contributed by atoms with E-state index in [1.807, 2.05) is 0 Å². The molecule has 0 atom stereocenters. The average molecular weight is 322 g/mol. The van der Waals surface area contributed by atoms with E-state index in [0.29, 0.717) is 27.9 Å². The van der Waals surface area contributed by atoms with Gasteiger partial charge in [0.1, 0.15) is 6.33 Å². The van der Waals surface area contributed by atoms with Crippen LogP contribution in [0.5, 0.6) is 0 Å². The number of rotatable bonds is 2. The topological polar surface area (TPSA) is 108 Å². The van der Waals surface area contributed by atoms with E-state index in [1.54, 1.807) is 31.3 Å². The molecule has 0 radical (unpaired) electrons. The van der Waals surface area contributed by atoms with E-state index in [0.717, 1.165) is 0 Å². The van der Waals surface area contributed by atoms with Gasteiger partial charge in [-0.05, 0) is 19.1 Å². The second-order valence-corrected chi connectivity index (χ2v) is 5.25. The van der Waals surface area contributed by atoms with Crippen molar-refractivity contribution in [2.45, 2.75) is 6.92 Å². The largest absolute Gasteiger partial charge is 0.283 e. The summed E-state index contributed by atoms with van der Waals surface area (Å²) >= 11 is 0. The molecule has 0 spiro atoms. The lowest BCUT2D eigenvalue weighted by Crippen LogP contribution is -2.19. The van der Waals surface area contributed by atoms with Crippen molar-refractivity contribution in [1.29, 1.82) is 0 Å². The van der Waals surface area contributed by atoms with E-state index in [2.05, 4.69) is 15.1 Å². The molecule has 24 heavy (non-hydrogen) atoms. The monoisotopic (exact) mass is 322 g/mol. The SMILES string of the molecule is Cc1ccc(-n2ccc3c(cnc4ncnn43)c2=O)cc1[N+](=O)[O-]. The molecule has 0 amide bonds. The summed E-state index contributed by atoms with van der Waals surface area (Å²) in [5.74, 6) is 0.394. The first-order valence-electron chi connectivity index (χ1n) is 7.02. The number of fused-ring (bicyclic) bond motifs is 3. The van der Waals surface area contributed by atoms with E-state index in [9.17, 15) is 14.9 Å². The third kappa shape index (κ3) is 1.95. The minimum Gasteiger partial charge on any atom is -0.283 e. The number of hydrogen-bond acceptors (Lipinski definition) is 6. The van der Waals surface area contributed by atoms with Crippen LogP contribution in [0, 0.1) is 17.0 Å². The number of nitro groups is 1. The Morgan fingerprint density at radius 1 is 1.21 bits per heavy atom. The molecule has 9 heteroatoms. The molecule has 0 unspecified atom stereocenters. The zero-order valence-electron chi connectivity index (χ0n) is 12.4. The lowest BCUT2D eigenvalue weighted by atomic mass is 10.2. The first-order chi connectivity index (χ1) is 11.6. The normalized spacial score (nSPS) is 11.2. The molecule has 3 heterocycles. The summed E-state index contributed by atoms with van der Waals surface area (Å²) < 4.78 is 2.82. The highest BCUT2D eigenvalue weighted by Gasteiger charge is 2.14. The van der Waals surface area contributed by atoms with Crippen LogP contribution in [-0.4, -0.2) is 29.1 Å². The molecular weight excluding hydrogens is 312 g/mol. The van der Waals surface area contributed by atoms with Crippen molar-refractivity contribution in [1.82, 2.24) is 24.1 Å². The zero-order valence-corrected chi connectivity index (χ0v) is 12.4. The Hall–Kier alpha value is -3.62. The van der Waals surface area contributed by atoms with Crippen molar-refractivity contribution in [2.24, 2.45) is 0 Å². The molecule has 118 valence electrons. The maximum atomic E-state index is 12.8. The average Bonchev–Trinajstić information content (AvgIpc) is 3.04. The Balaban J connectivity index is 2.00. The van der Waals surface area contributed by atoms with E-state index in [1.165, 1.54) is 27.7 Å². The van der Waals surface area contributed by atoms with E-state index < -0.39 is 4.92 Å². The zero-order chi connectivity index (χ0) is 16.8. The van der Waals surface area contributed by atoms with Crippen LogP contribution in [0.15, 0.2) is 47.8 Å². The molecule has 0 saturated carbocycles. The fraction of sp³-hybridized carbons (Fsp3) is 0.0667. The van der Waals surface area contributed by atoms with Crippen LogP contribution < -0.4 is 5.56 Å². The molecule has 0 aliphatic rings. The third-order valence-electron chi connectivity index (χ3n) is 3.84. The number of hydrogen-bond donors (Lipinski definition) is 0. The van der Waals surface area contributed by atoms with Crippen molar-refractivity contribution >= 4 is 22.4 Å². The van der Waals surface area contributed by atoms with Crippen LogP contribution >= 0.6 is 0 Å². The van der Waals surface area contributed by atoms with Gasteiger partial charge in [0.2, 0.25) is 0 Å². The molecular formula is C15H10N6O3. The second kappa shape index (κ2) is 4.95. The summed E-state index contributed by atoms with van der Waals surface area (Å²) in [7, 11) is 0. The van der Waals surface area contributed by atoms with Crippen LogP contribution in [0.3, 0.4) is 0 Å². The predicted molar refractivity (Wildman–Crippen MR) is 85.3 cm³/mol. The smallest absolute Gasteiger partial charge is 0.274 e. The minimum atomic E-state index is -0.467. The van der Waals surface area contributed by atoms with Gasteiger partial charge in [0.05, 0.1) is 21.5 Å². The first-order valence-corrected chi connectivity index (χ1v) is 7.02. The summed E-state index contributed by atoms with van der Waals surface area (Å²) in [4.78, 5) is 31.5. The molecule has 0 aliphatic carbocycles. The van der Waals surface area contributed by atoms with Crippen LogP contribution in [0.1, 0.15) is 5.56 Å². The van der Waals surface area contributed by atoms with Gasteiger partial charge in [-0.2, -0.15) is 14.6 Å². The molecule has 3 aromatic heterocycles. The van der Waals surface area contributed by atoms with Crippen molar-refractivity contribution in [3.63, 3.8) is 0 Å². The van der Waals surface area contributed by atoms with E-state index in [-0.39, 0.29) is 11.2 Å². The second-order valence-electron chi connectivity index (χ2n) is 5.25. The molecule has 0 aliphatic heterocycles. The Kier molecular flexibility index (Phi) is 2.89. The lowest BCUT2D eigenvalue weighted by Gasteiger charge is -2.08. The standard InChI is InChI=1S/C15H10N6O3/c1-9-2-3-10(6-13(9)21(23)24)19-5-4-12-11(14(19)22)7-16-15-17-8-18-20(12)15/h2-8H,1H3. The molecule has 0 fully saturated rings. The van der Waals surface area contributed by atoms with Crippen LogP contribution in [0.2, 0.25) is 0 Å². The molecule has 0 saturated heterocycles. The third-order valence-corrected chi connectivity index (χ3v) is 3.84. The highest BCUT2D eigenvalue weighted by molar-refractivity contribution is 5.78. The number of pyridine rings is 1. The highest BCUT2D eigenvalue weighted by Crippen LogP contribution is 2.21. The van der Waals surface area contributed by atoms with E-state index >= 15 is 0 Å². The molecule has 0 bridgehead atoms. The van der Waals surface area contributed by atoms with Gasteiger partial charge in [0.25, 0.3) is 17.0 Å². The predicted octanol–water partition coefficient (Wildman–Crippen LogP) is 1.65. The maximum absolute atomic E-state index is 12.8. The lowest BCUT2D eigenvalue weighted by molar-refractivity contribution is -0.385. The molecule has 4 rings (SSSR count). The van der Waals surface area contributed by atoms with Crippen LogP contribution in [0.4, 0.5) is 5.69 Å². The number of benzene rings is 1. The number of aryl methyl sites for hydroxylation is 1. The van der Waals surface area contributed by atoms with Gasteiger partial charge < -0.3 is 0 Å². The summed E-state index contributed by atoms with van der Waals surface area (Å²) in [6.07, 6.45) is 4.34. The van der Waals surface area contributed by atoms with Crippen molar-refractivity contribution < 1.29 is 4.92 Å². The summed E-state index contributed by atoms with van der Waals surface area (Å²) in [6, 6.07) is 6.36. The Bertz CT molecular complexity index is 1180. The number of nitrogens with zero attached hydrogens (tertiary/aromatic N) is 6. The van der Waals surface area contributed by atoms with Gasteiger partial charge in [0.15, 0.2) is 0 Å². The fourth-order valence-electron chi connectivity index (χ4n) is 2.61. The van der Waals surface area contributed by atoms with Crippen LogP contribution in [0.25, 0.3) is 22.4 Å². The molecule has 0 N–H and O–H groups in total. The Morgan fingerprint density at radius 2 is 2.04 bits per heavy atom. The fourth-order valence-corrected chi connectivity index (χ4v) is 2.61. The van der Waals surface area contributed by atoms with Crippen molar-refractivity contribution in [3.8, 4) is 5.69 Å². The van der Waals surface area contributed by atoms with Crippen molar-refractivity contribution in [3.05, 3.63) is 69.0 Å². The van der Waals surface area contributed by atoms with Crippen molar-refractivity contribution in [2.75, 3.05) is 0 Å². The van der Waals surface area contributed by atoms with Gasteiger partial charge >= 0.3 is 0 Å². The summed E-state index contributed by atoms with van der Waals surface area (Å²) in [5.41, 5.74) is 1.14. The molecule has 9 nitrogen and oxygen atoms in total. The van der Waals surface area contributed by atoms with Gasteiger partial charge in [-0.25, -0.2) is 4.98 Å². The Labute approximate surface area is 134 Å².